The molecule has 0 spiro atoms. The maximum atomic E-state index is 9.74. The monoisotopic (exact) mass is 289 g/mol. The molecule has 5 nitrogen and oxygen atoms in total. The Balaban J connectivity index is 2.01. The molecular weight excluding hydrogens is 270 g/mol. The number of aliphatic hydroxyl groups excluding tert-OH is 1. The summed E-state index contributed by atoms with van der Waals surface area (Å²) >= 11 is 3.81. The smallest absolute Gasteiger partial charge is 0.255 e. The molecule has 1 saturated heterocycles. The van der Waals surface area contributed by atoms with Gasteiger partial charge in [0.05, 0.1) is 5.25 Å². The molecule has 2 heterocycles. The van der Waals surface area contributed by atoms with Gasteiger partial charge in [0.1, 0.15) is 6.10 Å². The minimum absolute atomic E-state index is 0.253. The second-order valence-corrected chi connectivity index (χ2v) is 7.45. The van der Waals surface area contributed by atoms with Gasteiger partial charge in [-0.25, -0.2) is 0 Å². The fraction of sp³-hybridized carbons (Fsp3) is 0.818. The number of aliphatic hydroxyl groups is 1. The van der Waals surface area contributed by atoms with Gasteiger partial charge < -0.3 is 15.4 Å². The zero-order valence-electron chi connectivity index (χ0n) is 10.6. The molecule has 0 aliphatic carbocycles. The Morgan fingerprint density at radius 1 is 1.50 bits per heavy atom. The summed E-state index contributed by atoms with van der Waals surface area (Å²) in [5.74, 6) is 1.96. The van der Waals surface area contributed by atoms with Crippen LogP contribution < -0.4 is 5.73 Å². The third-order valence-electron chi connectivity index (χ3n) is 3.02. The Hall–Kier alpha value is -0.240. The molecule has 0 aromatic carbocycles. The molecule has 1 fully saturated rings. The van der Waals surface area contributed by atoms with Crippen molar-refractivity contribution in [3.8, 4) is 0 Å². The molecule has 18 heavy (non-hydrogen) atoms. The van der Waals surface area contributed by atoms with Gasteiger partial charge in [-0.3, -0.25) is 0 Å². The minimum atomic E-state index is -0.742. The van der Waals surface area contributed by atoms with E-state index in [2.05, 4.69) is 24.0 Å². The molecule has 102 valence electrons. The van der Waals surface area contributed by atoms with Crippen LogP contribution in [0, 0.1) is 0 Å². The van der Waals surface area contributed by atoms with Gasteiger partial charge in [0.15, 0.2) is 5.82 Å². The SMILES string of the molecule is CC1SCC(c2noc([C@@H](O)CCN)n2)SC1C. The van der Waals surface area contributed by atoms with E-state index < -0.39 is 6.10 Å². The number of nitrogens with zero attached hydrogens (tertiary/aromatic N) is 2. The van der Waals surface area contributed by atoms with Crippen molar-refractivity contribution in [3.05, 3.63) is 11.7 Å². The van der Waals surface area contributed by atoms with E-state index in [4.69, 9.17) is 10.3 Å². The molecule has 0 saturated carbocycles. The van der Waals surface area contributed by atoms with Crippen molar-refractivity contribution in [1.82, 2.24) is 10.1 Å². The standard InChI is InChI=1S/C11H19N3O2S2/c1-6-7(2)18-9(5-17-6)10-13-11(16-14-10)8(15)3-4-12/h6-9,15H,3-5,12H2,1-2H3/t6?,7?,8-,9?/m0/s1. The molecule has 7 heteroatoms. The first-order chi connectivity index (χ1) is 8.61. The molecule has 2 rings (SSSR count). The van der Waals surface area contributed by atoms with E-state index in [0.29, 0.717) is 29.3 Å². The van der Waals surface area contributed by atoms with E-state index in [1.165, 1.54) is 0 Å². The van der Waals surface area contributed by atoms with Gasteiger partial charge in [-0.05, 0) is 13.0 Å². The zero-order chi connectivity index (χ0) is 13.1. The van der Waals surface area contributed by atoms with Gasteiger partial charge in [0.25, 0.3) is 5.89 Å². The largest absolute Gasteiger partial charge is 0.383 e. The second-order valence-electron chi connectivity index (χ2n) is 4.45. The molecule has 0 bridgehead atoms. The number of hydrogen-bond acceptors (Lipinski definition) is 7. The molecular formula is C11H19N3O2S2. The van der Waals surface area contributed by atoms with Crippen LogP contribution in [0.2, 0.25) is 0 Å². The fourth-order valence-corrected chi connectivity index (χ4v) is 4.55. The maximum Gasteiger partial charge on any atom is 0.255 e. The summed E-state index contributed by atoms with van der Waals surface area (Å²) in [6, 6.07) is 0. The highest BCUT2D eigenvalue weighted by Gasteiger charge is 2.30. The average molecular weight is 289 g/mol. The van der Waals surface area contributed by atoms with E-state index in [1.54, 1.807) is 0 Å². The van der Waals surface area contributed by atoms with Crippen molar-refractivity contribution in [2.75, 3.05) is 12.3 Å². The van der Waals surface area contributed by atoms with Crippen LogP contribution in [0.25, 0.3) is 0 Å². The zero-order valence-corrected chi connectivity index (χ0v) is 12.2. The van der Waals surface area contributed by atoms with Crippen LogP contribution in [0.3, 0.4) is 0 Å². The first-order valence-corrected chi connectivity index (χ1v) is 8.09. The second kappa shape index (κ2) is 6.27. The summed E-state index contributed by atoms with van der Waals surface area (Å²) in [5.41, 5.74) is 5.39. The van der Waals surface area contributed by atoms with Crippen molar-refractivity contribution in [1.29, 1.82) is 0 Å². The quantitative estimate of drug-likeness (QED) is 0.873. The highest BCUT2D eigenvalue weighted by molar-refractivity contribution is 8.07. The van der Waals surface area contributed by atoms with Crippen molar-refractivity contribution < 1.29 is 9.63 Å². The molecule has 1 aromatic rings. The van der Waals surface area contributed by atoms with Crippen LogP contribution in [0.5, 0.6) is 0 Å². The van der Waals surface area contributed by atoms with E-state index in [0.717, 1.165) is 5.75 Å². The molecule has 4 atom stereocenters. The van der Waals surface area contributed by atoms with Crippen LogP contribution in [-0.4, -0.2) is 38.0 Å². The number of aromatic nitrogens is 2. The fourth-order valence-electron chi connectivity index (χ4n) is 1.71. The predicted octanol–water partition coefficient (Wildman–Crippen LogP) is 1.75. The lowest BCUT2D eigenvalue weighted by Crippen LogP contribution is -2.22. The van der Waals surface area contributed by atoms with Gasteiger partial charge in [-0.2, -0.15) is 16.7 Å². The van der Waals surface area contributed by atoms with E-state index >= 15 is 0 Å². The Labute approximate surface area is 115 Å². The first kappa shape index (κ1) is 14.2. The van der Waals surface area contributed by atoms with E-state index in [1.807, 2.05) is 23.5 Å². The topological polar surface area (TPSA) is 85.2 Å². The van der Waals surface area contributed by atoms with Crippen LogP contribution in [0.1, 0.15) is 43.3 Å². The number of thioether (sulfide) groups is 2. The van der Waals surface area contributed by atoms with Crippen molar-refractivity contribution in [2.24, 2.45) is 5.73 Å². The van der Waals surface area contributed by atoms with E-state index in [9.17, 15) is 5.11 Å². The van der Waals surface area contributed by atoms with Gasteiger partial charge in [-0.15, -0.1) is 11.8 Å². The van der Waals surface area contributed by atoms with Crippen LogP contribution in [0.15, 0.2) is 4.52 Å². The van der Waals surface area contributed by atoms with Crippen molar-refractivity contribution in [3.63, 3.8) is 0 Å². The Morgan fingerprint density at radius 2 is 2.28 bits per heavy atom. The Kier molecular flexibility index (Phi) is 4.94. The van der Waals surface area contributed by atoms with Crippen LogP contribution in [-0.2, 0) is 0 Å². The third-order valence-corrected chi connectivity index (χ3v) is 6.41. The molecule has 3 N–H and O–H groups in total. The Morgan fingerprint density at radius 3 is 2.94 bits per heavy atom. The number of hydrogen-bond donors (Lipinski definition) is 2. The van der Waals surface area contributed by atoms with E-state index in [-0.39, 0.29) is 11.1 Å². The van der Waals surface area contributed by atoms with Crippen molar-refractivity contribution >= 4 is 23.5 Å². The third kappa shape index (κ3) is 3.20. The summed E-state index contributed by atoms with van der Waals surface area (Å²) in [7, 11) is 0. The van der Waals surface area contributed by atoms with Gasteiger partial charge in [0, 0.05) is 16.3 Å². The molecule has 0 radical (unpaired) electrons. The first-order valence-electron chi connectivity index (χ1n) is 6.10. The maximum absolute atomic E-state index is 9.74. The lowest BCUT2D eigenvalue weighted by Gasteiger charge is -2.29. The highest BCUT2D eigenvalue weighted by Crippen LogP contribution is 2.43. The van der Waals surface area contributed by atoms with Gasteiger partial charge in [-0.1, -0.05) is 19.0 Å². The van der Waals surface area contributed by atoms with Gasteiger partial charge in [0.2, 0.25) is 0 Å². The number of nitrogens with two attached hydrogens (primary N) is 1. The predicted molar refractivity (Wildman–Crippen MR) is 74.6 cm³/mol. The molecule has 0 amide bonds. The minimum Gasteiger partial charge on any atom is -0.383 e. The van der Waals surface area contributed by atoms with Gasteiger partial charge >= 0.3 is 0 Å². The molecule has 1 aliphatic heterocycles. The van der Waals surface area contributed by atoms with Crippen molar-refractivity contribution in [2.45, 2.75) is 42.1 Å². The lowest BCUT2D eigenvalue weighted by atomic mass is 10.2. The highest BCUT2D eigenvalue weighted by atomic mass is 32.2. The lowest BCUT2D eigenvalue weighted by molar-refractivity contribution is 0.127. The summed E-state index contributed by atoms with van der Waals surface area (Å²) in [6.45, 7) is 4.87. The summed E-state index contributed by atoms with van der Waals surface area (Å²) < 4.78 is 5.11. The molecule has 3 unspecified atom stereocenters. The van der Waals surface area contributed by atoms with Crippen LogP contribution >= 0.6 is 23.5 Å². The summed E-state index contributed by atoms with van der Waals surface area (Å²) in [5, 5.41) is 15.2. The summed E-state index contributed by atoms with van der Waals surface area (Å²) in [6.07, 6.45) is -0.296. The average Bonchev–Trinajstić information content (AvgIpc) is 2.82. The molecule has 1 aromatic heterocycles. The molecule has 1 aliphatic rings. The normalized spacial score (nSPS) is 30.3. The van der Waals surface area contributed by atoms with Crippen LogP contribution in [0.4, 0.5) is 0 Å². The summed E-state index contributed by atoms with van der Waals surface area (Å²) in [4.78, 5) is 4.29. The number of rotatable bonds is 4. The Bertz CT molecular complexity index is 388.